The molecular weight excluding hydrogens is 276 g/mol. The average molecular weight is 302 g/mol. The first-order valence-electron chi connectivity index (χ1n) is 7.17. The highest BCUT2D eigenvalue weighted by Gasteiger charge is 2.34. The zero-order valence-electron chi connectivity index (χ0n) is 12.8. The van der Waals surface area contributed by atoms with Gasteiger partial charge in [0.1, 0.15) is 0 Å². The molecule has 0 aromatic carbocycles. The number of piperidine rings is 1. The molecule has 0 bridgehead atoms. The van der Waals surface area contributed by atoms with Gasteiger partial charge in [0, 0.05) is 31.4 Å². The number of nitrogens with zero attached hydrogens (tertiary/aromatic N) is 2. The maximum Gasteiger partial charge on any atom is 0.320 e. The van der Waals surface area contributed by atoms with Gasteiger partial charge < -0.3 is 14.9 Å². The monoisotopic (exact) mass is 302 g/mol. The third kappa shape index (κ3) is 4.04. The largest absolute Gasteiger partial charge is 0.481 e. The minimum absolute atomic E-state index is 0.00779. The molecule has 1 rings (SSSR count). The highest BCUT2D eigenvalue weighted by atomic mass is 32.2. The van der Waals surface area contributed by atoms with Crippen LogP contribution >= 0.6 is 11.8 Å². The molecule has 0 aromatic rings. The highest BCUT2D eigenvalue weighted by molar-refractivity contribution is 7.98. The second-order valence-electron chi connectivity index (χ2n) is 5.51. The number of amides is 2. The molecule has 20 heavy (non-hydrogen) atoms. The van der Waals surface area contributed by atoms with Gasteiger partial charge in [0.15, 0.2) is 0 Å². The SMILES string of the molecule is CCC(CSC)N(C)C(=O)N1CCC(C(=O)O)CC1C. The van der Waals surface area contributed by atoms with Crippen molar-refractivity contribution in [3.63, 3.8) is 0 Å². The average Bonchev–Trinajstić information content (AvgIpc) is 2.43. The first-order valence-corrected chi connectivity index (χ1v) is 8.56. The summed E-state index contributed by atoms with van der Waals surface area (Å²) in [5, 5.41) is 9.07. The van der Waals surface area contributed by atoms with Gasteiger partial charge in [-0.3, -0.25) is 4.79 Å². The van der Waals surface area contributed by atoms with Crippen LogP contribution in [0.4, 0.5) is 4.79 Å². The number of aliphatic carboxylic acids is 1. The van der Waals surface area contributed by atoms with Crippen LogP contribution in [0, 0.1) is 5.92 Å². The smallest absolute Gasteiger partial charge is 0.320 e. The van der Waals surface area contributed by atoms with Gasteiger partial charge in [-0.15, -0.1) is 0 Å². The van der Waals surface area contributed by atoms with Gasteiger partial charge in [-0.05, 0) is 32.4 Å². The van der Waals surface area contributed by atoms with Crippen LogP contribution in [0.1, 0.15) is 33.1 Å². The molecule has 5 nitrogen and oxygen atoms in total. The lowest BCUT2D eigenvalue weighted by molar-refractivity contribution is -0.143. The molecule has 0 aliphatic carbocycles. The van der Waals surface area contributed by atoms with E-state index in [0.29, 0.717) is 19.4 Å². The Morgan fingerprint density at radius 3 is 2.60 bits per heavy atom. The molecule has 3 atom stereocenters. The van der Waals surface area contributed by atoms with E-state index in [0.717, 1.165) is 12.2 Å². The first kappa shape index (κ1) is 17.1. The number of carbonyl (C=O) groups excluding carboxylic acids is 1. The number of carboxylic acid groups (broad SMARTS) is 1. The lowest BCUT2D eigenvalue weighted by Gasteiger charge is -2.40. The topological polar surface area (TPSA) is 60.9 Å². The first-order chi connectivity index (χ1) is 9.42. The standard InChI is InChI=1S/C14H26N2O3S/c1-5-12(9-20-4)15(3)14(19)16-7-6-11(13(17)18)8-10(16)2/h10-12H,5-9H2,1-4H3,(H,17,18). The zero-order valence-corrected chi connectivity index (χ0v) is 13.7. The Bertz CT molecular complexity index is 351. The van der Waals surface area contributed by atoms with Crippen LogP contribution in [0.2, 0.25) is 0 Å². The van der Waals surface area contributed by atoms with E-state index in [2.05, 4.69) is 6.92 Å². The number of urea groups is 1. The number of carbonyl (C=O) groups is 2. The van der Waals surface area contributed by atoms with E-state index in [1.54, 1.807) is 11.8 Å². The Hall–Kier alpha value is -0.910. The molecule has 1 aliphatic rings. The molecule has 3 unspecified atom stereocenters. The summed E-state index contributed by atoms with van der Waals surface area (Å²) in [5.41, 5.74) is 0. The molecule has 116 valence electrons. The molecule has 0 radical (unpaired) electrons. The van der Waals surface area contributed by atoms with Crippen LogP contribution in [0.3, 0.4) is 0 Å². The third-order valence-electron chi connectivity index (χ3n) is 4.15. The van der Waals surface area contributed by atoms with Gasteiger partial charge in [0.2, 0.25) is 0 Å². The lowest BCUT2D eigenvalue weighted by Crippen LogP contribution is -2.53. The van der Waals surface area contributed by atoms with Crippen molar-refractivity contribution in [3.8, 4) is 0 Å². The molecule has 0 spiro atoms. The van der Waals surface area contributed by atoms with Crippen molar-refractivity contribution in [2.75, 3.05) is 25.6 Å². The van der Waals surface area contributed by atoms with Crippen molar-refractivity contribution in [1.82, 2.24) is 9.80 Å². The van der Waals surface area contributed by atoms with E-state index >= 15 is 0 Å². The second-order valence-corrected chi connectivity index (χ2v) is 6.42. The maximum absolute atomic E-state index is 12.6. The zero-order chi connectivity index (χ0) is 15.3. The Morgan fingerprint density at radius 2 is 2.15 bits per heavy atom. The van der Waals surface area contributed by atoms with Crippen molar-refractivity contribution >= 4 is 23.8 Å². The van der Waals surface area contributed by atoms with Gasteiger partial charge in [-0.25, -0.2) is 4.79 Å². The summed E-state index contributed by atoms with van der Waals surface area (Å²) in [4.78, 5) is 27.2. The summed E-state index contributed by atoms with van der Waals surface area (Å²) in [5.74, 6) is -0.128. The van der Waals surface area contributed by atoms with Gasteiger partial charge in [0.05, 0.1) is 5.92 Å². The number of hydrogen-bond donors (Lipinski definition) is 1. The summed E-state index contributed by atoms with van der Waals surface area (Å²) < 4.78 is 0. The van der Waals surface area contributed by atoms with Crippen LogP contribution in [-0.4, -0.2) is 64.6 Å². The van der Waals surface area contributed by atoms with Crippen molar-refractivity contribution in [3.05, 3.63) is 0 Å². The summed E-state index contributed by atoms with van der Waals surface area (Å²) in [6, 6.07) is 0.260. The molecule has 1 aliphatic heterocycles. The van der Waals surface area contributed by atoms with E-state index in [9.17, 15) is 9.59 Å². The summed E-state index contributed by atoms with van der Waals surface area (Å²) in [7, 11) is 1.85. The predicted molar refractivity (Wildman–Crippen MR) is 82.1 cm³/mol. The molecule has 0 aromatic heterocycles. The molecule has 1 N–H and O–H groups in total. The van der Waals surface area contributed by atoms with Gasteiger partial charge >= 0.3 is 12.0 Å². The van der Waals surface area contributed by atoms with Crippen molar-refractivity contribution in [2.45, 2.75) is 45.2 Å². The fourth-order valence-corrected chi connectivity index (χ4v) is 3.58. The molecular formula is C14H26N2O3S. The fourth-order valence-electron chi connectivity index (χ4n) is 2.74. The normalized spacial score (nSPS) is 24.3. The van der Waals surface area contributed by atoms with Crippen LogP contribution in [-0.2, 0) is 4.79 Å². The van der Waals surface area contributed by atoms with Crippen molar-refractivity contribution in [2.24, 2.45) is 5.92 Å². The number of likely N-dealkylation sites (tertiary alicyclic amines) is 1. The highest BCUT2D eigenvalue weighted by Crippen LogP contribution is 2.24. The summed E-state index contributed by atoms with van der Waals surface area (Å²) >= 11 is 1.74. The minimum atomic E-state index is -0.744. The van der Waals surface area contributed by atoms with Gasteiger partial charge in [0.25, 0.3) is 0 Å². The number of carboxylic acids is 1. The molecule has 1 saturated heterocycles. The molecule has 2 amide bonds. The Kier molecular flexibility index (Phi) is 6.65. The van der Waals surface area contributed by atoms with E-state index in [-0.39, 0.29) is 24.0 Å². The van der Waals surface area contributed by atoms with Crippen LogP contribution in [0.5, 0.6) is 0 Å². The fraction of sp³-hybridized carbons (Fsp3) is 0.857. The van der Waals surface area contributed by atoms with Crippen LogP contribution in [0.15, 0.2) is 0 Å². The molecule has 0 saturated carbocycles. The van der Waals surface area contributed by atoms with Crippen LogP contribution in [0.25, 0.3) is 0 Å². The number of rotatable bonds is 5. The minimum Gasteiger partial charge on any atom is -0.481 e. The number of thioether (sulfide) groups is 1. The second kappa shape index (κ2) is 7.76. The summed E-state index contributed by atoms with van der Waals surface area (Å²) in [6.45, 7) is 4.57. The predicted octanol–water partition coefficient (Wildman–Crippen LogP) is 2.36. The Morgan fingerprint density at radius 1 is 1.50 bits per heavy atom. The summed E-state index contributed by atoms with van der Waals surface area (Å²) in [6.07, 6.45) is 4.08. The maximum atomic E-state index is 12.6. The Labute approximate surface area is 125 Å². The van der Waals surface area contributed by atoms with E-state index in [1.807, 2.05) is 30.0 Å². The van der Waals surface area contributed by atoms with Crippen molar-refractivity contribution < 1.29 is 14.7 Å². The van der Waals surface area contributed by atoms with Crippen LogP contribution < -0.4 is 0 Å². The van der Waals surface area contributed by atoms with Gasteiger partial charge in [-0.1, -0.05) is 6.92 Å². The molecule has 6 heteroatoms. The third-order valence-corrected chi connectivity index (χ3v) is 4.87. The molecule has 1 fully saturated rings. The molecule has 1 heterocycles. The quantitative estimate of drug-likeness (QED) is 0.847. The van der Waals surface area contributed by atoms with E-state index < -0.39 is 5.97 Å². The number of hydrogen-bond acceptors (Lipinski definition) is 3. The Balaban J connectivity index is 2.65. The lowest BCUT2D eigenvalue weighted by atomic mass is 9.92. The van der Waals surface area contributed by atoms with E-state index in [4.69, 9.17) is 5.11 Å². The van der Waals surface area contributed by atoms with E-state index in [1.165, 1.54) is 0 Å². The van der Waals surface area contributed by atoms with Gasteiger partial charge in [-0.2, -0.15) is 11.8 Å². The van der Waals surface area contributed by atoms with Crippen molar-refractivity contribution in [1.29, 1.82) is 0 Å².